The van der Waals surface area contributed by atoms with Gasteiger partial charge in [-0.2, -0.15) is 31.4 Å². The lowest BCUT2D eigenvalue weighted by atomic mass is 10.2. The molecule has 198 valence electrons. The zero-order valence-electron chi connectivity index (χ0n) is 19.0. The molecule has 0 saturated carbocycles. The summed E-state index contributed by atoms with van der Waals surface area (Å²) in [6, 6.07) is 2.24. The topological polar surface area (TPSA) is 101 Å². The van der Waals surface area contributed by atoms with Gasteiger partial charge in [0.25, 0.3) is 5.56 Å². The first kappa shape index (κ1) is 27.2. The van der Waals surface area contributed by atoms with Crippen LogP contribution in [0.4, 0.5) is 32.2 Å². The average molecular weight is 523 g/mol. The number of rotatable bonds is 8. The van der Waals surface area contributed by atoms with Crippen LogP contribution in [0.5, 0.6) is 5.75 Å². The van der Waals surface area contributed by atoms with Gasteiger partial charge in [0.15, 0.2) is 11.3 Å². The number of piperazine rings is 1. The molecule has 36 heavy (non-hydrogen) atoms. The Kier molecular flexibility index (Phi) is 8.43. The number of H-pyrrole nitrogens is 1. The number of alkyl halides is 6. The van der Waals surface area contributed by atoms with Gasteiger partial charge in [0.1, 0.15) is 11.9 Å². The maximum Gasteiger partial charge on any atom is 0.425 e. The number of anilines is 1. The van der Waals surface area contributed by atoms with Gasteiger partial charge in [0.2, 0.25) is 5.91 Å². The van der Waals surface area contributed by atoms with E-state index in [2.05, 4.69) is 10.1 Å². The van der Waals surface area contributed by atoms with Crippen molar-refractivity contribution < 1.29 is 40.6 Å². The van der Waals surface area contributed by atoms with Gasteiger partial charge in [-0.25, -0.2) is 10.1 Å². The van der Waals surface area contributed by atoms with Crippen molar-refractivity contribution in [3.8, 4) is 5.75 Å². The molecule has 1 aliphatic heterocycles. The number of halogens is 6. The van der Waals surface area contributed by atoms with Crippen molar-refractivity contribution in [2.24, 2.45) is 0 Å². The van der Waals surface area contributed by atoms with Crippen LogP contribution < -0.4 is 15.2 Å². The SMILES string of the molecule is CC(COCCC(=O)N1CCN(c2ccc(C(F)(F)F)cn2)CC1)Oc1cn[nH]c(=O)c1C(F)(F)F. The molecule has 0 radical (unpaired) electrons. The fourth-order valence-corrected chi connectivity index (χ4v) is 3.48. The molecule has 1 amide bonds. The summed E-state index contributed by atoms with van der Waals surface area (Å²) >= 11 is 0. The lowest BCUT2D eigenvalue weighted by Gasteiger charge is -2.35. The second kappa shape index (κ2) is 11.1. The van der Waals surface area contributed by atoms with Crippen LogP contribution in [-0.2, 0) is 21.9 Å². The smallest absolute Gasteiger partial charge is 0.425 e. The number of carbonyl (C=O) groups is 1. The third-order valence-electron chi connectivity index (χ3n) is 5.28. The van der Waals surface area contributed by atoms with Crippen LogP contribution in [0, 0.1) is 0 Å². The number of aromatic amines is 1. The predicted molar refractivity (Wildman–Crippen MR) is 113 cm³/mol. The Bertz CT molecular complexity index is 1080. The molecule has 0 aromatic carbocycles. The summed E-state index contributed by atoms with van der Waals surface area (Å²) in [4.78, 5) is 31.1. The Balaban J connectivity index is 1.40. The zero-order valence-corrected chi connectivity index (χ0v) is 19.0. The van der Waals surface area contributed by atoms with Crippen molar-refractivity contribution in [2.45, 2.75) is 31.8 Å². The summed E-state index contributed by atoms with van der Waals surface area (Å²) in [7, 11) is 0. The molecular formula is C21H23F6N5O4. The molecule has 3 rings (SSSR count). The second-order valence-corrected chi connectivity index (χ2v) is 7.96. The molecule has 1 unspecified atom stereocenters. The summed E-state index contributed by atoms with van der Waals surface area (Å²) in [5.74, 6) is -0.544. The predicted octanol–water partition coefficient (Wildman–Crippen LogP) is 2.73. The van der Waals surface area contributed by atoms with Gasteiger partial charge in [-0.1, -0.05) is 0 Å². The fourth-order valence-electron chi connectivity index (χ4n) is 3.48. The Morgan fingerprint density at radius 3 is 2.36 bits per heavy atom. The highest BCUT2D eigenvalue weighted by Crippen LogP contribution is 2.33. The molecule has 0 spiro atoms. The maximum atomic E-state index is 13.1. The van der Waals surface area contributed by atoms with Gasteiger partial charge >= 0.3 is 12.4 Å². The minimum absolute atomic E-state index is 0.00699. The molecule has 9 nitrogen and oxygen atoms in total. The van der Waals surface area contributed by atoms with Crippen molar-refractivity contribution >= 4 is 11.7 Å². The number of aromatic nitrogens is 3. The largest absolute Gasteiger partial charge is 0.486 e. The molecule has 1 N–H and O–H groups in total. The molecule has 2 aromatic rings. The van der Waals surface area contributed by atoms with Crippen LogP contribution in [-0.4, -0.2) is 71.5 Å². The Labute approximate surface area is 201 Å². The first-order valence-electron chi connectivity index (χ1n) is 10.8. The van der Waals surface area contributed by atoms with Gasteiger partial charge in [0, 0.05) is 32.4 Å². The van der Waals surface area contributed by atoms with E-state index in [0.29, 0.717) is 32.0 Å². The molecule has 1 fully saturated rings. The standard InChI is InChI=1S/C21H23F6N5O4/c1-13(36-15-11-29-30-19(34)18(15)21(25,26)27)12-35-9-4-17(33)32-7-5-31(6-8-32)16-3-2-14(10-28-16)20(22,23)24/h2-3,10-11,13H,4-9,12H2,1H3,(H,30,34). The lowest BCUT2D eigenvalue weighted by molar-refractivity contribution is -0.141. The van der Waals surface area contributed by atoms with Crippen LogP contribution in [0.25, 0.3) is 0 Å². The highest BCUT2D eigenvalue weighted by atomic mass is 19.4. The molecule has 1 atom stereocenters. The summed E-state index contributed by atoms with van der Waals surface area (Å²) in [5.41, 5.74) is -3.76. The van der Waals surface area contributed by atoms with Gasteiger partial charge < -0.3 is 19.3 Å². The molecular weight excluding hydrogens is 500 g/mol. The van der Waals surface area contributed by atoms with Crippen molar-refractivity contribution in [1.29, 1.82) is 0 Å². The third kappa shape index (κ3) is 7.08. The summed E-state index contributed by atoms with van der Waals surface area (Å²) in [6.07, 6.45) is -8.71. The molecule has 0 aliphatic carbocycles. The number of hydrogen-bond acceptors (Lipinski definition) is 7. The van der Waals surface area contributed by atoms with E-state index < -0.39 is 40.9 Å². The Morgan fingerprint density at radius 1 is 1.08 bits per heavy atom. The lowest BCUT2D eigenvalue weighted by Crippen LogP contribution is -2.49. The van der Waals surface area contributed by atoms with Gasteiger partial charge in [0.05, 0.1) is 31.4 Å². The van der Waals surface area contributed by atoms with E-state index in [-0.39, 0.29) is 25.5 Å². The molecule has 15 heteroatoms. The normalized spacial score (nSPS) is 15.6. The average Bonchev–Trinajstić information content (AvgIpc) is 2.80. The van der Waals surface area contributed by atoms with Crippen molar-refractivity contribution in [1.82, 2.24) is 20.1 Å². The summed E-state index contributed by atoms with van der Waals surface area (Å²) in [5, 5.41) is 5.02. The van der Waals surface area contributed by atoms with Crippen LogP contribution in [0.2, 0.25) is 0 Å². The Hall–Kier alpha value is -3.36. The van der Waals surface area contributed by atoms with E-state index in [4.69, 9.17) is 9.47 Å². The van der Waals surface area contributed by atoms with E-state index in [0.717, 1.165) is 18.5 Å². The third-order valence-corrected chi connectivity index (χ3v) is 5.28. The van der Waals surface area contributed by atoms with E-state index in [1.54, 1.807) is 14.9 Å². The summed E-state index contributed by atoms with van der Waals surface area (Å²) < 4.78 is 87.7. The monoisotopic (exact) mass is 523 g/mol. The van der Waals surface area contributed by atoms with Crippen LogP contribution in [0.15, 0.2) is 29.3 Å². The van der Waals surface area contributed by atoms with Crippen molar-refractivity contribution in [3.63, 3.8) is 0 Å². The van der Waals surface area contributed by atoms with Crippen molar-refractivity contribution in [3.05, 3.63) is 46.0 Å². The van der Waals surface area contributed by atoms with E-state index >= 15 is 0 Å². The number of amides is 1. The molecule has 3 heterocycles. The molecule has 1 saturated heterocycles. The number of hydrogen-bond donors (Lipinski definition) is 1. The first-order valence-corrected chi connectivity index (χ1v) is 10.8. The second-order valence-electron chi connectivity index (χ2n) is 7.96. The number of carbonyl (C=O) groups excluding carboxylic acids is 1. The van der Waals surface area contributed by atoms with Gasteiger partial charge in [-0.15, -0.1) is 0 Å². The van der Waals surface area contributed by atoms with E-state index in [1.165, 1.54) is 13.0 Å². The number of ether oxygens (including phenoxy) is 2. The van der Waals surface area contributed by atoms with Crippen molar-refractivity contribution in [2.75, 3.05) is 44.3 Å². The van der Waals surface area contributed by atoms with Crippen LogP contribution in [0.1, 0.15) is 24.5 Å². The molecule has 0 bridgehead atoms. The highest BCUT2D eigenvalue weighted by molar-refractivity contribution is 5.76. The minimum Gasteiger partial charge on any atom is -0.486 e. The fraction of sp³-hybridized carbons (Fsp3) is 0.524. The van der Waals surface area contributed by atoms with E-state index in [9.17, 15) is 35.9 Å². The summed E-state index contributed by atoms with van der Waals surface area (Å²) in [6.45, 7) is 2.77. The molecule has 2 aromatic heterocycles. The quantitative estimate of drug-likeness (QED) is 0.420. The number of nitrogens with one attached hydrogen (secondary N) is 1. The zero-order chi connectivity index (χ0) is 26.5. The minimum atomic E-state index is -4.93. The maximum absolute atomic E-state index is 13.1. The number of nitrogens with zero attached hydrogens (tertiary/aromatic N) is 4. The highest BCUT2D eigenvalue weighted by Gasteiger charge is 2.38. The van der Waals surface area contributed by atoms with Crippen LogP contribution >= 0.6 is 0 Å². The number of pyridine rings is 1. The molecule has 1 aliphatic rings. The first-order chi connectivity index (χ1) is 16.9. The Morgan fingerprint density at radius 2 is 1.78 bits per heavy atom. The van der Waals surface area contributed by atoms with E-state index in [1.807, 2.05) is 0 Å². The van der Waals surface area contributed by atoms with Gasteiger partial charge in [-0.05, 0) is 19.1 Å². The van der Waals surface area contributed by atoms with Gasteiger partial charge in [-0.3, -0.25) is 9.59 Å². The van der Waals surface area contributed by atoms with Crippen LogP contribution in [0.3, 0.4) is 0 Å².